The highest BCUT2D eigenvalue weighted by Crippen LogP contribution is 2.58. The maximum Gasteiger partial charge on any atom is 0.116 e. The van der Waals surface area contributed by atoms with E-state index in [1.54, 1.807) is 22.7 Å². The number of fused-ring (bicyclic) bond motifs is 6. The summed E-state index contributed by atoms with van der Waals surface area (Å²) in [5, 5.41) is 2.28. The molecule has 0 bridgehead atoms. The quantitative estimate of drug-likeness (QED) is 0.178. The van der Waals surface area contributed by atoms with E-state index in [-0.39, 0.29) is 0 Å². The summed E-state index contributed by atoms with van der Waals surface area (Å²) in [6, 6.07) is 43.3. The fourth-order valence-corrected chi connectivity index (χ4v) is 12.2. The molecule has 0 fully saturated rings. The normalized spacial score (nSPS) is 13.8. The summed E-state index contributed by atoms with van der Waals surface area (Å²) in [5.41, 5.74) is 10.2. The average Bonchev–Trinajstić information content (AvgIpc) is 4.00. The summed E-state index contributed by atoms with van der Waals surface area (Å²) in [6.45, 7) is 0. The van der Waals surface area contributed by atoms with Crippen LogP contribution >= 0.6 is 57.9 Å². The summed E-state index contributed by atoms with van der Waals surface area (Å²) < 4.78 is 19.6. The maximum absolute atomic E-state index is 4.91. The smallest absolute Gasteiger partial charge is 0.116 e. The Balaban J connectivity index is 1.04. The van der Waals surface area contributed by atoms with E-state index < -0.39 is 0 Å². The summed E-state index contributed by atoms with van der Waals surface area (Å²) in [4.78, 5) is 11.9. The van der Waals surface area contributed by atoms with Gasteiger partial charge in [-0.05, 0) is 72.8 Å². The molecule has 0 saturated heterocycles. The predicted molar refractivity (Wildman–Crippen MR) is 213 cm³/mol. The van der Waals surface area contributed by atoms with Crippen molar-refractivity contribution in [1.29, 1.82) is 0 Å². The minimum atomic E-state index is 0.869. The molecule has 0 aliphatic carbocycles. The van der Waals surface area contributed by atoms with Crippen molar-refractivity contribution in [2.24, 2.45) is 8.73 Å². The largest absolute Gasteiger partial charge is 0.300 e. The van der Waals surface area contributed by atoms with Gasteiger partial charge in [-0.3, -0.25) is 9.80 Å². The fraction of sp³-hybridized carbons (Fsp3) is 0. The minimum Gasteiger partial charge on any atom is -0.300 e. The van der Waals surface area contributed by atoms with Crippen molar-refractivity contribution in [2.75, 3.05) is 9.80 Å². The van der Waals surface area contributed by atoms with Gasteiger partial charge in [0.1, 0.15) is 32.4 Å². The zero-order valence-electron chi connectivity index (χ0n) is 25.7. The van der Waals surface area contributed by atoms with Crippen molar-refractivity contribution in [3.05, 3.63) is 121 Å². The van der Waals surface area contributed by atoms with Gasteiger partial charge in [0.25, 0.3) is 0 Å². The molecule has 0 radical (unpaired) electrons. The Labute approximate surface area is 311 Å². The second-order valence-corrected chi connectivity index (χ2v) is 17.0. The van der Waals surface area contributed by atoms with Gasteiger partial charge in [-0.15, -0.1) is 22.7 Å². The van der Waals surface area contributed by atoms with E-state index in [4.69, 9.17) is 17.5 Å². The lowest BCUT2D eigenvalue weighted by Gasteiger charge is -2.31. The number of thiophene rings is 2. The van der Waals surface area contributed by atoms with Gasteiger partial charge in [-0.1, -0.05) is 72.1 Å². The van der Waals surface area contributed by atoms with Gasteiger partial charge in [0.05, 0.1) is 45.8 Å². The SMILES string of the molecule is c1ccc2c(c1)Sc1ccccc1N2c1ccc(-c2c3c(c(-c4ccc(N5c6ccccc6Sc6ccccc65)s4)c4nsnc24)N=S=N3)s1. The van der Waals surface area contributed by atoms with Crippen LogP contribution in [0.3, 0.4) is 0 Å². The molecule has 0 amide bonds. The number of rotatable bonds is 4. The first-order valence-corrected chi connectivity index (χ1v) is 20.5. The molecule has 8 aromatic rings. The van der Waals surface area contributed by atoms with Crippen LogP contribution in [-0.4, -0.2) is 8.75 Å². The molecule has 0 N–H and O–H groups in total. The highest BCUT2D eigenvalue weighted by molar-refractivity contribution is 8.00. The molecule has 0 atom stereocenters. The molecule has 5 aromatic carbocycles. The van der Waals surface area contributed by atoms with Gasteiger partial charge in [-0.25, -0.2) is 0 Å². The summed E-state index contributed by atoms with van der Waals surface area (Å²) in [6.07, 6.45) is 0. The lowest BCUT2D eigenvalue weighted by molar-refractivity contribution is 1.18. The first-order chi connectivity index (χ1) is 24.8. The molecule has 50 heavy (non-hydrogen) atoms. The van der Waals surface area contributed by atoms with Gasteiger partial charge in [0.2, 0.25) is 0 Å². The monoisotopic (exact) mass is 752 g/mol. The number of hydrogen-bond donors (Lipinski definition) is 0. The van der Waals surface area contributed by atoms with E-state index in [0.29, 0.717) is 0 Å². The molecule has 3 aliphatic rings. The average molecular weight is 753 g/mol. The van der Waals surface area contributed by atoms with Crippen LogP contribution in [-0.2, 0) is 11.4 Å². The summed E-state index contributed by atoms with van der Waals surface area (Å²) in [5.74, 6) is 0. The van der Waals surface area contributed by atoms with E-state index in [9.17, 15) is 0 Å². The molecule has 6 heterocycles. The molecule has 3 aromatic heterocycles. The number of benzene rings is 5. The van der Waals surface area contributed by atoms with Gasteiger partial charge >= 0.3 is 0 Å². The maximum atomic E-state index is 4.91. The Hall–Kier alpha value is -4.56. The van der Waals surface area contributed by atoms with Crippen LogP contribution in [0.1, 0.15) is 0 Å². The van der Waals surface area contributed by atoms with Crippen molar-refractivity contribution < 1.29 is 0 Å². The Morgan fingerprint density at radius 3 is 1.20 bits per heavy atom. The van der Waals surface area contributed by atoms with E-state index in [2.05, 4.69) is 131 Å². The molecule has 0 spiro atoms. The van der Waals surface area contributed by atoms with E-state index in [1.165, 1.54) is 65.4 Å². The number of hydrogen-bond acceptors (Lipinski definition) is 11. The Morgan fingerprint density at radius 1 is 0.420 bits per heavy atom. The number of nitrogens with zero attached hydrogens (tertiary/aromatic N) is 6. The molecule has 12 heteroatoms. The molecule has 0 saturated carbocycles. The number of para-hydroxylation sites is 4. The minimum absolute atomic E-state index is 0.869. The highest BCUT2D eigenvalue weighted by Gasteiger charge is 2.31. The zero-order valence-corrected chi connectivity index (χ0v) is 30.6. The van der Waals surface area contributed by atoms with Crippen LogP contribution < -0.4 is 9.80 Å². The predicted octanol–water partition coefficient (Wildman–Crippen LogP) is 13.7. The van der Waals surface area contributed by atoms with Crippen molar-refractivity contribution >= 4 is 124 Å². The van der Waals surface area contributed by atoms with E-state index in [0.717, 1.165) is 53.3 Å². The number of aromatic nitrogens is 2. The molecular weight excluding hydrogens is 733 g/mol. The second-order valence-electron chi connectivity index (χ2n) is 11.7. The molecule has 3 aliphatic heterocycles. The van der Waals surface area contributed by atoms with Gasteiger partial charge < -0.3 is 0 Å². The fourth-order valence-electron chi connectivity index (χ4n) is 6.77. The third-order valence-corrected chi connectivity index (χ3v) is 14.4. The molecular formula is C38H20N6S6. The van der Waals surface area contributed by atoms with Crippen LogP contribution in [0.25, 0.3) is 31.9 Å². The van der Waals surface area contributed by atoms with E-state index >= 15 is 0 Å². The molecule has 0 unspecified atom stereocenters. The second kappa shape index (κ2) is 11.5. The molecule has 238 valence electrons. The van der Waals surface area contributed by atoms with Crippen LogP contribution in [0.4, 0.5) is 44.1 Å². The third kappa shape index (κ3) is 4.39. The first kappa shape index (κ1) is 29.2. The summed E-state index contributed by atoms with van der Waals surface area (Å²) in [7, 11) is 0. The van der Waals surface area contributed by atoms with E-state index in [1.807, 2.05) is 23.5 Å². The standard InChI is InChI=1S/C38H20N6S6/c1-5-13-25-21(9-1)43(22-10-2-6-14-26(22)45-25)31-19-17-29(47-31)33-35-37(41-49-39-35)34(38-36(33)40-50-42-38)30-18-20-32(48-30)44-23-11-3-7-15-27(23)46-28-16-8-4-12-24(28)44/h1-20H. The van der Waals surface area contributed by atoms with Gasteiger partial charge in [0, 0.05) is 40.5 Å². The van der Waals surface area contributed by atoms with Crippen LogP contribution in [0.5, 0.6) is 0 Å². The van der Waals surface area contributed by atoms with Crippen molar-refractivity contribution in [1.82, 2.24) is 8.75 Å². The van der Waals surface area contributed by atoms with Crippen molar-refractivity contribution in [3.8, 4) is 20.9 Å². The molecule has 6 nitrogen and oxygen atoms in total. The van der Waals surface area contributed by atoms with Crippen molar-refractivity contribution in [2.45, 2.75) is 19.6 Å². The third-order valence-electron chi connectivity index (χ3n) is 8.91. The summed E-state index contributed by atoms with van der Waals surface area (Å²) >= 11 is 9.64. The Kier molecular flexibility index (Phi) is 6.71. The Morgan fingerprint density at radius 2 is 0.800 bits per heavy atom. The van der Waals surface area contributed by atoms with Crippen LogP contribution in [0.15, 0.2) is 150 Å². The topological polar surface area (TPSA) is 57.0 Å². The number of anilines is 6. The molecule has 11 rings (SSSR count). The lowest BCUT2D eigenvalue weighted by atomic mass is 10.0. The zero-order chi connectivity index (χ0) is 32.8. The van der Waals surface area contributed by atoms with Gasteiger partial charge in [-0.2, -0.15) is 17.5 Å². The van der Waals surface area contributed by atoms with Crippen LogP contribution in [0.2, 0.25) is 0 Å². The van der Waals surface area contributed by atoms with Crippen molar-refractivity contribution in [3.63, 3.8) is 0 Å². The first-order valence-electron chi connectivity index (χ1n) is 15.7. The lowest BCUT2D eigenvalue weighted by Crippen LogP contribution is -2.13. The highest BCUT2D eigenvalue weighted by atomic mass is 32.2. The van der Waals surface area contributed by atoms with Gasteiger partial charge in [0.15, 0.2) is 0 Å². The van der Waals surface area contributed by atoms with Crippen LogP contribution in [0, 0.1) is 0 Å². The Bertz CT molecular complexity index is 2480.